The molecule has 0 radical (unpaired) electrons. The number of hydrogen-bond acceptors (Lipinski definition) is 8. The molecule has 0 saturated carbocycles. The molecule has 0 bridgehead atoms. The smallest absolute Gasteiger partial charge is 0.227 e. The Labute approximate surface area is 220 Å². The summed E-state index contributed by atoms with van der Waals surface area (Å²) in [5, 5.41) is 3.84. The summed E-state index contributed by atoms with van der Waals surface area (Å²) >= 11 is 12.4. The Bertz CT molecular complexity index is 1360. The van der Waals surface area contributed by atoms with Crippen LogP contribution in [0.15, 0.2) is 42.6 Å². The van der Waals surface area contributed by atoms with Gasteiger partial charge in [-0.3, -0.25) is 4.79 Å². The molecule has 3 aromatic rings. The van der Waals surface area contributed by atoms with Gasteiger partial charge in [0.05, 0.1) is 21.9 Å². The lowest BCUT2D eigenvalue weighted by Gasteiger charge is -2.33. The second-order valence-electron chi connectivity index (χ2n) is 8.42. The maximum Gasteiger partial charge on any atom is 0.227 e. The third-order valence-electron chi connectivity index (χ3n) is 5.81. The molecule has 1 aromatic carbocycles. The van der Waals surface area contributed by atoms with Crippen molar-refractivity contribution in [3.8, 4) is 0 Å². The maximum atomic E-state index is 12.8. The van der Waals surface area contributed by atoms with Crippen LogP contribution in [0.25, 0.3) is 0 Å². The van der Waals surface area contributed by atoms with Crippen molar-refractivity contribution in [3.05, 3.63) is 69.5 Å². The molecule has 190 valence electrons. The number of piperazine rings is 1. The number of nitrogens with zero attached hydrogens (tertiary/aromatic N) is 5. The van der Waals surface area contributed by atoms with Crippen LogP contribution in [0.3, 0.4) is 0 Å². The van der Waals surface area contributed by atoms with Crippen LogP contribution in [-0.4, -0.2) is 65.9 Å². The van der Waals surface area contributed by atoms with Crippen molar-refractivity contribution in [2.45, 2.75) is 19.8 Å². The lowest BCUT2D eigenvalue weighted by Crippen LogP contribution is -2.48. The highest BCUT2D eigenvalue weighted by molar-refractivity contribution is 7.88. The van der Waals surface area contributed by atoms with Crippen molar-refractivity contribution in [1.82, 2.24) is 19.3 Å². The van der Waals surface area contributed by atoms with E-state index in [0.29, 0.717) is 65.8 Å². The van der Waals surface area contributed by atoms with Gasteiger partial charge in [-0.1, -0.05) is 36.2 Å². The average Bonchev–Trinajstić information content (AvgIpc) is 2.83. The van der Waals surface area contributed by atoms with Crippen LogP contribution in [-0.2, 0) is 22.9 Å². The number of carbonyl (C=O) groups excluding carboxylic acids is 1. The van der Waals surface area contributed by atoms with E-state index in [1.807, 2.05) is 17.9 Å². The zero-order valence-electron chi connectivity index (χ0n) is 19.9. The molecule has 0 atom stereocenters. The summed E-state index contributed by atoms with van der Waals surface area (Å²) in [4.78, 5) is 28.4. The van der Waals surface area contributed by atoms with E-state index in [1.165, 1.54) is 10.6 Å². The monoisotopic (exact) mass is 548 g/mol. The van der Waals surface area contributed by atoms with Crippen molar-refractivity contribution in [2.24, 2.45) is 0 Å². The number of aromatic nitrogens is 3. The van der Waals surface area contributed by atoms with Gasteiger partial charge < -0.3 is 10.2 Å². The molecule has 1 N–H and O–H groups in total. The van der Waals surface area contributed by atoms with Crippen molar-refractivity contribution in [2.75, 3.05) is 42.7 Å². The number of pyridine rings is 1. The van der Waals surface area contributed by atoms with Crippen molar-refractivity contribution < 1.29 is 13.2 Å². The quantitative estimate of drug-likeness (QED) is 0.421. The number of carbonyl (C=O) groups is 1. The Hall–Kier alpha value is -2.79. The molecule has 0 aliphatic carbocycles. The molecule has 12 heteroatoms. The first-order chi connectivity index (χ1) is 17.1. The van der Waals surface area contributed by atoms with Crippen LogP contribution in [0.4, 0.5) is 17.6 Å². The molecule has 36 heavy (non-hydrogen) atoms. The predicted molar refractivity (Wildman–Crippen MR) is 142 cm³/mol. The van der Waals surface area contributed by atoms with Crippen molar-refractivity contribution in [3.63, 3.8) is 0 Å². The molecular formula is C24H26Cl2N6O3S. The minimum absolute atomic E-state index is 0.112. The van der Waals surface area contributed by atoms with E-state index in [1.54, 1.807) is 36.5 Å². The summed E-state index contributed by atoms with van der Waals surface area (Å²) in [5.41, 5.74) is 1.89. The van der Waals surface area contributed by atoms with E-state index in [2.05, 4.69) is 20.3 Å². The molecular weight excluding hydrogens is 523 g/mol. The zero-order valence-corrected chi connectivity index (χ0v) is 22.2. The van der Waals surface area contributed by atoms with Crippen LogP contribution >= 0.6 is 23.2 Å². The standard InChI is InChI=1S/C24H26Cl2N6O3S/c1-3-17-15-22(30-24(28-17)31-9-11-32(12-10-31)36(2,34)35)29-21-14-16(7-8-27-21)13-20(33)23-18(25)5-4-6-19(23)26/h4-8,14-15H,3,9-13H2,1-2H3,(H,27,28,29,30). The van der Waals surface area contributed by atoms with Gasteiger partial charge in [-0.25, -0.2) is 18.4 Å². The number of nitrogens with one attached hydrogen (secondary N) is 1. The first-order valence-corrected chi connectivity index (χ1v) is 14.0. The molecule has 2 aromatic heterocycles. The summed E-state index contributed by atoms with van der Waals surface area (Å²) in [6.45, 7) is 3.77. The third-order valence-corrected chi connectivity index (χ3v) is 7.74. The number of Topliss-reactive ketones (excluding diaryl/α,β-unsaturated/α-hetero) is 1. The van der Waals surface area contributed by atoms with E-state index in [0.717, 1.165) is 11.3 Å². The highest BCUT2D eigenvalue weighted by atomic mass is 35.5. The largest absolute Gasteiger partial charge is 0.338 e. The summed E-state index contributed by atoms with van der Waals surface area (Å²) in [5.74, 6) is 1.44. The zero-order chi connectivity index (χ0) is 25.9. The summed E-state index contributed by atoms with van der Waals surface area (Å²) in [6.07, 6.45) is 3.65. The third kappa shape index (κ3) is 6.31. The fourth-order valence-electron chi connectivity index (χ4n) is 3.91. The van der Waals surface area contributed by atoms with E-state index in [-0.39, 0.29) is 12.2 Å². The van der Waals surface area contributed by atoms with Gasteiger partial charge in [0.15, 0.2) is 5.78 Å². The number of ketones is 1. The molecule has 1 saturated heterocycles. The number of halogens is 2. The molecule has 1 fully saturated rings. The number of sulfonamides is 1. The molecule has 0 unspecified atom stereocenters. The van der Waals surface area contributed by atoms with Gasteiger partial charge in [-0.2, -0.15) is 9.29 Å². The second-order valence-corrected chi connectivity index (χ2v) is 11.2. The van der Waals surface area contributed by atoms with E-state index in [4.69, 9.17) is 23.2 Å². The van der Waals surface area contributed by atoms with Crippen LogP contribution in [0, 0.1) is 0 Å². The molecule has 3 heterocycles. The number of benzene rings is 1. The van der Waals surface area contributed by atoms with Crippen molar-refractivity contribution >= 4 is 56.6 Å². The topological polar surface area (TPSA) is 108 Å². The lowest BCUT2D eigenvalue weighted by atomic mass is 10.0. The van der Waals surface area contributed by atoms with Crippen LogP contribution in [0.2, 0.25) is 10.0 Å². The summed E-state index contributed by atoms with van der Waals surface area (Å²) in [7, 11) is -3.22. The van der Waals surface area contributed by atoms with Gasteiger partial charge in [0, 0.05) is 50.6 Å². The molecule has 0 spiro atoms. The van der Waals surface area contributed by atoms with Gasteiger partial charge in [0.1, 0.15) is 11.6 Å². The second kappa shape index (κ2) is 11.1. The molecule has 9 nitrogen and oxygen atoms in total. The molecule has 0 amide bonds. The average molecular weight is 549 g/mol. The Kier molecular flexibility index (Phi) is 8.09. The van der Waals surface area contributed by atoms with Gasteiger partial charge >= 0.3 is 0 Å². The minimum Gasteiger partial charge on any atom is -0.338 e. The van der Waals surface area contributed by atoms with Gasteiger partial charge in [0.25, 0.3) is 0 Å². The first kappa shape index (κ1) is 26.3. The fraction of sp³-hybridized carbons (Fsp3) is 0.333. The normalized spacial score (nSPS) is 14.6. The highest BCUT2D eigenvalue weighted by Gasteiger charge is 2.25. The minimum atomic E-state index is -3.22. The van der Waals surface area contributed by atoms with Crippen LogP contribution in [0.5, 0.6) is 0 Å². The van der Waals surface area contributed by atoms with E-state index >= 15 is 0 Å². The van der Waals surface area contributed by atoms with Gasteiger partial charge in [0.2, 0.25) is 16.0 Å². The Balaban J connectivity index is 1.50. The van der Waals surface area contributed by atoms with E-state index < -0.39 is 10.0 Å². The SMILES string of the molecule is CCc1cc(Nc2cc(CC(=O)c3c(Cl)cccc3Cl)ccn2)nc(N2CCN(S(C)(=O)=O)CC2)n1. The molecule has 1 aliphatic heterocycles. The predicted octanol–water partition coefficient (Wildman–Crippen LogP) is 3.99. The fourth-order valence-corrected chi connectivity index (χ4v) is 5.35. The van der Waals surface area contributed by atoms with E-state index in [9.17, 15) is 13.2 Å². The number of aryl methyl sites for hydroxylation is 1. The number of hydrogen-bond donors (Lipinski definition) is 1. The first-order valence-electron chi connectivity index (χ1n) is 11.4. The van der Waals surface area contributed by atoms with Crippen LogP contribution < -0.4 is 10.2 Å². The highest BCUT2D eigenvalue weighted by Crippen LogP contribution is 2.26. The number of rotatable bonds is 8. The van der Waals surface area contributed by atoms with Crippen molar-refractivity contribution in [1.29, 1.82) is 0 Å². The summed E-state index contributed by atoms with van der Waals surface area (Å²) in [6, 6.07) is 10.4. The van der Waals surface area contributed by atoms with Crippen LogP contribution in [0.1, 0.15) is 28.5 Å². The Morgan fingerprint density at radius 2 is 1.72 bits per heavy atom. The van der Waals surface area contributed by atoms with Gasteiger partial charge in [-0.15, -0.1) is 0 Å². The number of anilines is 3. The van der Waals surface area contributed by atoms with Gasteiger partial charge in [-0.05, 0) is 36.2 Å². The molecule has 4 rings (SSSR count). The lowest BCUT2D eigenvalue weighted by molar-refractivity contribution is 0.0993. The Morgan fingerprint density at radius 1 is 1.03 bits per heavy atom. The molecule has 1 aliphatic rings. The maximum absolute atomic E-state index is 12.8. The Morgan fingerprint density at radius 3 is 2.36 bits per heavy atom. The summed E-state index contributed by atoms with van der Waals surface area (Å²) < 4.78 is 25.1.